The van der Waals surface area contributed by atoms with Gasteiger partial charge in [-0.05, 0) is 31.5 Å². The fourth-order valence-electron chi connectivity index (χ4n) is 2.42. The Bertz CT molecular complexity index is 884. The van der Waals surface area contributed by atoms with Crippen LogP contribution in [-0.4, -0.2) is 41.2 Å². The van der Waals surface area contributed by atoms with Gasteiger partial charge in [0.1, 0.15) is 10.5 Å². The summed E-state index contributed by atoms with van der Waals surface area (Å²) in [6.45, 7) is 1.47. The van der Waals surface area contributed by atoms with Crippen LogP contribution in [0.4, 0.5) is 5.69 Å². The average Bonchev–Trinajstić information content (AvgIpc) is 2.74. The Morgan fingerprint density at radius 2 is 1.96 bits per heavy atom. The van der Waals surface area contributed by atoms with E-state index in [2.05, 4.69) is 0 Å². The van der Waals surface area contributed by atoms with Crippen LogP contribution in [0.2, 0.25) is 5.02 Å². The number of benzene rings is 1. The molecule has 0 saturated carbocycles. The number of carbonyl (C=O) groups is 1. The van der Waals surface area contributed by atoms with Crippen molar-refractivity contribution in [1.82, 2.24) is 0 Å². The Morgan fingerprint density at radius 1 is 1.33 bits per heavy atom. The third-order valence-electron chi connectivity index (χ3n) is 3.61. The molecular weight excluding hydrogens is 380 g/mol. The van der Waals surface area contributed by atoms with Crippen LogP contribution in [-0.2, 0) is 29.6 Å². The van der Waals surface area contributed by atoms with Crippen LogP contribution in [0.15, 0.2) is 23.1 Å². The standard InChI is InChI=1S/C13H17ClN2O6S2/c1-13(6-5-12(17)22-13)8-16(23(2,18)19)9-3-4-10(14)11(7-9)24(15,20)21/h3-4,7H,5-6,8H2,1-2H3,(H2,15,20,21). The topological polar surface area (TPSA) is 124 Å². The van der Waals surface area contributed by atoms with Crippen molar-refractivity contribution >= 4 is 43.3 Å². The van der Waals surface area contributed by atoms with E-state index in [-0.39, 0.29) is 28.6 Å². The molecule has 1 heterocycles. The molecule has 0 bridgehead atoms. The molecule has 1 aliphatic heterocycles. The molecule has 0 aliphatic carbocycles. The number of rotatable bonds is 5. The zero-order chi connectivity index (χ0) is 18.3. The highest BCUT2D eigenvalue weighted by atomic mass is 35.5. The van der Waals surface area contributed by atoms with Gasteiger partial charge in [0.15, 0.2) is 0 Å². The maximum Gasteiger partial charge on any atom is 0.306 e. The molecule has 1 aromatic rings. The lowest BCUT2D eigenvalue weighted by Crippen LogP contribution is -2.43. The first-order valence-corrected chi connectivity index (χ1v) is 10.6. The molecule has 2 N–H and O–H groups in total. The van der Waals surface area contributed by atoms with Crippen LogP contribution in [0.5, 0.6) is 0 Å². The molecule has 1 atom stereocenters. The van der Waals surface area contributed by atoms with Gasteiger partial charge in [0, 0.05) is 6.42 Å². The number of sulfonamides is 2. The fourth-order valence-corrected chi connectivity index (χ4v) is 4.49. The van der Waals surface area contributed by atoms with Crippen LogP contribution in [0, 0.1) is 0 Å². The number of nitrogens with two attached hydrogens (primary N) is 1. The molecule has 0 radical (unpaired) electrons. The van der Waals surface area contributed by atoms with Gasteiger partial charge in [-0.1, -0.05) is 11.6 Å². The summed E-state index contributed by atoms with van der Waals surface area (Å²) in [5.41, 5.74) is -0.934. The quantitative estimate of drug-likeness (QED) is 0.735. The number of nitrogens with zero attached hydrogens (tertiary/aromatic N) is 1. The van der Waals surface area contributed by atoms with E-state index in [0.717, 1.165) is 16.6 Å². The third kappa shape index (κ3) is 4.18. The summed E-state index contributed by atoms with van der Waals surface area (Å²) in [6, 6.07) is 3.69. The minimum absolute atomic E-state index is 0.0649. The predicted molar refractivity (Wildman–Crippen MR) is 88.7 cm³/mol. The number of primary sulfonamides is 1. The first-order chi connectivity index (χ1) is 10.8. The Hall–Kier alpha value is -1.36. The largest absolute Gasteiger partial charge is 0.457 e. The van der Waals surface area contributed by atoms with Crippen LogP contribution in [0.1, 0.15) is 19.8 Å². The Labute approximate surface area is 145 Å². The SMILES string of the molecule is CC1(CN(c2ccc(Cl)c(S(N)(=O)=O)c2)S(C)(=O)=O)CCC(=O)O1. The maximum atomic E-state index is 12.2. The lowest BCUT2D eigenvalue weighted by atomic mass is 10.0. The number of esters is 1. The third-order valence-corrected chi connectivity index (χ3v) is 6.14. The second-order valence-corrected chi connectivity index (χ2v) is 9.70. The highest BCUT2D eigenvalue weighted by molar-refractivity contribution is 7.92. The van der Waals surface area contributed by atoms with Crippen molar-refractivity contribution in [3.8, 4) is 0 Å². The van der Waals surface area contributed by atoms with Crippen molar-refractivity contribution < 1.29 is 26.4 Å². The van der Waals surface area contributed by atoms with Gasteiger partial charge in [-0.15, -0.1) is 0 Å². The molecule has 1 aliphatic rings. The molecule has 0 spiro atoms. The van der Waals surface area contributed by atoms with Crippen molar-refractivity contribution in [3.05, 3.63) is 23.2 Å². The Morgan fingerprint density at radius 3 is 2.42 bits per heavy atom. The average molecular weight is 397 g/mol. The van der Waals surface area contributed by atoms with E-state index in [1.165, 1.54) is 12.1 Å². The smallest absolute Gasteiger partial charge is 0.306 e. The van der Waals surface area contributed by atoms with Gasteiger partial charge < -0.3 is 4.74 Å². The molecule has 0 amide bonds. The van der Waals surface area contributed by atoms with Gasteiger partial charge in [0.25, 0.3) is 0 Å². The molecule has 134 valence electrons. The molecule has 2 rings (SSSR count). The van der Waals surface area contributed by atoms with Crippen LogP contribution >= 0.6 is 11.6 Å². The number of hydrogen-bond acceptors (Lipinski definition) is 6. The number of cyclic esters (lactones) is 1. The first-order valence-electron chi connectivity index (χ1n) is 6.84. The molecular formula is C13H17ClN2O6S2. The number of hydrogen-bond donors (Lipinski definition) is 1. The van der Waals surface area contributed by atoms with E-state index in [9.17, 15) is 21.6 Å². The van der Waals surface area contributed by atoms with Crippen molar-refractivity contribution in [2.24, 2.45) is 5.14 Å². The van der Waals surface area contributed by atoms with Gasteiger partial charge in [-0.3, -0.25) is 9.10 Å². The summed E-state index contributed by atoms with van der Waals surface area (Å²) in [5, 5.41) is 4.98. The van der Waals surface area contributed by atoms with E-state index in [0.29, 0.717) is 6.42 Å². The van der Waals surface area contributed by atoms with Crippen molar-refractivity contribution in [2.45, 2.75) is 30.3 Å². The van der Waals surface area contributed by atoms with E-state index >= 15 is 0 Å². The second kappa shape index (κ2) is 6.17. The van der Waals surface area contributed by atoms with Crippen LogP contribution < -0.4 is 9.44 Å². The van der Waals surface area contributed by atoms with E-state index in [4.69, 9.17) is 21.5 Å². The first kappa shape index (κ1) is 19.0. The zero-order valence-electron chi connectivity index (χ0n) is 13.0. The molecule has 11 heteroatoms. The lowest BCUT2D eigenvalue weighted by molar-refractivity contribution is -0.146. The Kier molecular flexibility index (Phi) is 4.88. The van der Waals surface area contributed by atoms with Gasteiger partial charge in [0.05, 0.1) is 23.5 Å². The molecule has 1 fully saturated rings. The summed E-state index contributed by atoms with van der Waals surface area (Å²) >= 11 is 5.82. The number of anilines is 1. The Balaban J connectivity index is 2.49. The number of carbonyl (C=O) groups excluding carboxylic acids is 1. The summed E-state index contributed by atoms with van der Waals surface area (Å²) in [4.78, 5) is 11.0. The van der Waals surface area contributed by atoms with E-state index in [1.807, 2.05) is 0 Å². The van der Waals surface area contributed by atoms with Gasteiger partial charge in [-0.25, -0.2) is 22.0 Å². The normalized spacial score (nSPS) is 21.6. The number of halogens is 1. The maximum absolute atomic E-state index is 12.2. The monoisotopic (exact) mass is 396 g/mol. The lowest BCUT2D eigenvalue weighted by Gasteiger charge is -2.31. The molecule has 24 heavy (non-hydrogen) atoms. The summed E-state index contributed by atoms with van der Waals surface area (Å²) in [7, 11) is -7.90. The zero-order valence-corrected chi connectivity index (χ0v) is 15.4. The van der Waals surface area contributed by atoms with Crippen LogP contribution in [0.25, 0.3) is 0 Å². The summed E-state index contributed by atoms with van der Waals surface area (Å²) < 4.78 is 53.7. The highest BCUT2D eigenvalue weighted by Gasteiger charge is 2.39. The summed E-state index contributed by atoms with van der Waals surface area (Å²) in [5.74, 6) is -0.410. The van der Waals surface area contributed by atoms with Crippen molar-refractivity contribution in [1.29, 1.82) is 0 Å². The van der Waals surface area contributed by atoms with Crippen molar-refractivity contribution in [2.75, 3.05) is 17.1 Å². The van der Waals surface area contributed by atoms with Gasteiger partial charge in [-0.2, -0.15) is 0 Å². The van der Waals surface area contributed by atoms with Crippen LogP contribution in [0.3, 0.4) is 0 Å². The van der Waals surface area contributed by atoms with Crippen molar-refractivity contribution in [3.63, 3.8) is 0 Å². The predicted octanol–water partition coefficient (Wildman–Crippen LogP) is 0.849. The molecule has 1 unspecified atom stereocenters. The van der Waals surface area contributed by atoms with E-state index in [1.54, 1.807) is 6.92 Å². The molecule has 0 aromatic heterocycles. The second-order valence-electron chi connectivity index (χ2n) is 5.85. The minimum atomic E-state index is -4.13. The van der Waals surface area contributed by atoms with Gasteiger partial charge in [0.2, 0.25) is 20.0 Å². The van der Waals surface area contributed by atoms with E-state index < -0.39 is 31.6 Å². The highest BCUT2D eigenvalue weighted by Crippen LogP contribution is 2.32. The summed E-state index contributed by atoms with van der Waals surface area (Å²) in [6.07, 6.45) is 1.52. The molecule has 8 nitrogen and oxygen atoms in total. The number of ether oxygens (including phenoxy) is 1. The molecule has 1 aromatic carbocycles. The fraction of sp³-hybridized carbons (Fsp3) is 0.462. The minimum Gasteiger partial charge on any atom is -0.457 e. The van der Waals surface area contributed by atoms with Gasteiger partial charge >= 0.3 is 5.97 Å². The molecule has 1 saturated heterocycles.